The van der Waals surface area contributed by atoms with Crippen LogP contribution in [-0.2, 0) is 19.5 Å². The topological polar surface area (TPSA) is 29.9 Å². The number of nitrogens with zero attached hydrogens (tertiary/aromatic N) is 2. The highest BCUT2D eigenvalue weighted by atomic mass is 15.1. The summed E-state index contributed by atoms with van der Waals surface area (Å²) >= 11 is 0. The molecule has 3 rings (SSSR count). The molecule has 1 fully saturated rings. The van der Waals surface area contributed by atoms with E-state index in [0.29, 0.717) is 0 Å². The third-order valence-electron chi connectivity index (χ3n) is 4.66. The molecule has 3 heteroatoms. The van der Waals surface area contributed by atoms with Gasteiger partial charge in [-0.25, -0.2) is 4.98 Å². The van der Waals surface area contributed by atoms with Crippen LogP contribution >= 0.6 is 0 Å². The summed E-state index contributed by atoms with van der Waals surface area (Å²) in [4.78, 5) is 4.72. The van der Waals surface area contributed by atoms with E-state index >= 15 is 0 Å². The molecule has 1 N–H and O–H groups in total. The zero-order valence-electron chi connectivity index (χ0n) is 11.5. The van der Waals surface area contributed by atoms with Gasteiger partial charge in [0.25, 0.3) is 0 Å². The number of imidazole rings is 1. The van der Waals surface area contributed by atoms with Gasteiger partial charge in [-0.2, -0.15) is 0 Å². The van der Waals surface area contributed by atoms with Gasteiger partial charge in [0.15, 0.2) is 0 Å². The molecule has 0 unspecified atom stereocenters. The van der Waals surface area contributed by atoms with Crippen LogP contribution in [0.3, 0.4) is 0 Å². The molecule has 0 bridgehead atoms. The van der Waals surface area contributed by atoms with Crippen molar-refractivity contribution in [1.82, 2.24) is 14.9 Å². The van der Waals surface area contributed by atoms with Gasteiger partial charge >= 0.3 is 0 Å². The van der Waals surface area contributed by atoms with Crippen molar-refractivity contribution in [2.45, 2.75) is 65.0 Å². The van der Waals surface area contributed by atoms with E-state index < -0.39 is 0 Å². The molecule has 100 valence electrons. The highest BCUT2D eigenvalue weighted by molar-refractivity contribution is 5.19. The molecule has 3 nitrogen and oxygen atoms in total. The summed E-state index contributed by atoms with van der Waals surface area (Å²) in [5, 5.41) is 3.41. The average molecular weight is 247 g/mol. The Balaban J connectivity index is 1.66. The second-order valence-corrected chi connectivity index (χ2v) is 5.92. The van der Waals surface area contributed by atoms with Crippen molar-refractivity contribution in [1.29, 1.82) is 0 Å². The summed E-state index contributed by atoms with van der Waals surface area (Å²) in [6.45, 7) is 5.44. The predicted octanol–water partition coefficient (Wildman–Crippen LogP) is 2.81. The summed E-state index contributed by atoms with van der Waals surface area (Å²) < 4.78 is 2.49. The number of aromatic nitrogens is 2. The molecule has 2 heterocycles. The lowest BCUT2D eigenvalue weighted by atomic mass is 9.87. The summed E-state index contributed by atoms with van der Waals surface area (Å²) in [6, 6.07) is 0. The number of aryl methyl sites for hydroxylation is 1. The Bertz CT molecular complexity index is 402. The van der Waals surface area contributed by atoms with E-state index in [1.54, 1.807) is 0 Å². The normalized spacial score (nSPS) is 20.9. The first-order valence-electron chi connectivity index (χ1n) is 7.60. The lowest BCUT2D eigenvalue weighted by Gasteiger charge is -2.23. The van der Waals surface area contributed by atoms with Crippen molar-refractivity contribution in [2.24, 2.45) is 5.92 Å². The van der Waals surface area contributed by atoms with Crippen molar-refractivity contribution < 1.29 is 0 Å². The Hall–Kier alpha value is -0.830. The molecule has 0 atom stereocenters. The van der Waals surface area contributed by atoms with Crippen LogP contribution in [0.2, 0.25) is 0 Å². The molecular formula is C15H25N3. The smallest absolute Gasteiger partial charge is 0.106 e. The van der Waals surface area contributed by atoms with Crippen molar-refractivity contribution in [3.63, 3.8) is 0 Å². The monoisotopic (exact) mass is 247 g/mol. The number of fused-ring (bicyclic) bond motifs is 1. The van der Waals surface area contributed by atoms with Gasteiger partial charge in [0.2, 0.25) is 0 Å². The molecule has 0 spiro atoms. The lowest BCUT2D eigenvalue weighted by Crippen LogP contribution is -2.25. The number of nitrogens with one attached hydrogen (secondary N) is 1. The standard InChI is InChI=1S/C15H25N3/c1-12-17-14-11-16-9-7-15(14)18(12)10-8-13-5-3-2-4-6-13/h13,16H,2-11H2,1H3. The second kappa shape index (κ2) is 5.43. The van der Waals surface area contributed by atoms with Crippen LogP contribution in [0.15, 0.2) is 0 Å². The highest BCUT2D eigenvalue weighted by Crippen LogP contribution is 2.27. The van der Waals surface area contributed by atoms with Crippen molar-refractivity contribution in [3.05, 3.63) is 17.2 Å². The maximum absolute atomic E-state index is 4.72. The molecule has 0 radical (unpaired) electrons. The van der Waals surface area contributed by atoms with Gasteiger partial charge in [-0.1, -0.05) is 32.1 Å². The van der Waals surface area contributed by atoms with E-state index in [-0.39, 0.29) is 0 Å². The Morgan fingerprint density at radius 3 is 2.94 bits per heavy atom. The summed E-state index contributed by atoms with van der Waals surface area (Å²) in [5.74, 6) is 2.19. The largest absolute Gasteiger partial charge is 0.332 e. The van der Waals surface area contributed by atoms with Gasteiger partial charge in [-0.15, -0.1) is 0 Å². The van der Waals surface area contributed by atoms with Crippen LogP contribution in [0.5, 0.6) is 0 Å². The minimum Gasteiger partial charge on any atom is -0.332 e. The molecule has 1 aliphatic carbocycles. The zero-order valence-corrected chi connectivity index (χ0v) is 11.5. The molecule has 1 aliphatic heterocycles. The van der Waals surface area contributed by atoms with Gasteiger partial charge in [-0.05, 0) is 19.3 Å². The fourth-order valence-corrected chi connectivity index (χ4v) is 3.59. The van der Waals surface area contributed by atoms with E-state index in [1.165, 1.54) is 62.3 Å². The zero-order chi connectivity index (χ0) is 12.4. The molecule has 0 amide bonds. The van der Waals surface area contributed by atoms with Crippen LogP contribution in [0.4, 0.5) is 0 Å². The van der Waals surface area contributed by atoms with Gasteiger partial charge in [0.05, 0.1) is 5.69 Å². The number of hydrogen-bond donors (Lipinski definition) is 1. The quantitative estimate of drug-likeness (QED) is 0.890. The van der Waals surface area contributed by atoms with Gasteiger partial charge < -0.3 is 9.88 Å². The van der Waals surface area contributed by atoms with Gasteiger partial charge in [0, 0.05) is 31.7 Å². The third kappa shape index (κ3) is 2.46. The summed E-state index contributed by atoms with van der Waals surface area (Å²) in [7, 11) is 0. The van der Waals surface area contributed by atoms with E-state index in [9.17, 15) is 0 Å². The van der Waals surface area contributed by atoms with Crippen molar-refractivity contribution in [2.75, 3.05) is 6.54 Å². The van der Waals surface area contributed by atoms with E-state index in [4.69, 9.17) is 4.98 Å². The van der Waals surface area contributed by atoms with Gasteiger partial charge in [0.1, 0.15) is 5.82 Å². The molecule has 0 aromatic carbocycles. The van der Waals surface area contributed by atoms with Crippen LogP contribution in [0.25, 0.3) is 0 Å². The highest BCUT2D eigenvalue weighted by Gasteiger charge is 2.19. The summed E-state index contributed by atoms with van der Waals surface area (Å²) in [6.07, 6.45) is 9.79. The van der Waals surface area contributed by atoms with Crippen LogP contribution in [-0.4, -0.2) is 16.1 Å². The lowest BCUT2D eigenvalue weighted by molar-refractivity contribution is 0.321. The molecule has 1 saturated carbocycles. The first-order chi connectivity index (χ1) is 8.84. The Morgan fingerprint density at radius 1 is 1.28 bits per heavy atom. The second-order valence-electron chi connectivity index (χ2n) is 5.92. The number of hydrogen-bond acceptors (Lipinski definition) is 2. The third-order valence-corrected chi connectivity index (χ3v) is 4.66. The van der Waals surface area contributed by atoms with Crippen molar-refractivity contribution in [3.8, 4) is 0 Å². The minimum atomic E-state index is 0.965. The molecule has 2 aliphatic rings. The predicted molar refractivity (Wildman–Crippen MR) is 73.6 cm³/mol. The number of rotatable bonds is 3. The molecular weight excluding hydrogens is 222 g/mol. The van der Waals surface area contributed by atoms with Gasteiger partial charge in [-0.3, -0.25) is 0 Å². The van der Waals surface area contributed by atoms with Crippen LogP contribution < -0.4 is 5.32 Å². The average Bonchev–Trinajstić information content (AvgIpc) is 2.73. The van der Waals surface area contributed by atoms with E-state index in [2.05, 4.69) is 16.8 Å². The fraction of sp³-hybridized carbons (Fsp3) is 0.800. The first-order valence-corrected chi connectivity index (χ1v) is 7.60. The van der Waals surface area contributed by atoms with E-state index in [1.807, 2.05) is 0 Å². The maximum Gasteiger partial charge on any atom is 0.106 e. The Morgan fingerprint density at radius 2 is 2.11 bits per heavy atom. The summed E-state index contributed by atoms with van der Waals surface area (Å²) in [5.41, 5.74) is 2.80. The molecule has 1 aromatic rings. The Kier molecular flexibility index (Phi) is 3.69. The minimum absolute atomic E-state index is 0.965. The molecule has 18 heavy (non-hydrogen) atoms. The molecule has 0 saturated heterocycles. The Labute approximate surface area is 110 Å². The van der Waals surface area contributed by atoms with Crippen molar-refractivity contribution >= 4 is 0 Å². The van der Waals surface area contributed by atoms with Crippen LogP contribution in [0, 0.1) is 12.8 Å². The first kappa shape index (κ1) is 12.2. The maximum atomic E-state index is 4.72. The van der Waals surface area contributed by atoms with E-state index in [0.717, 1.165) is 25.4 Å². The molecule has 1 aromatic heterocycles. The fourth-order valence-electron chi connectivity index (χ4n) is 3.59. The SMILES string of the molecule is Cc1nc2c(n1CCC1CCCCC1)CCNC2. The van der Waals surface area contributed by atoms with Crippen LogP contribution in [0.1, 0.15) is 55.7 Å².